The van der Waals surface area contributed by atoms with Gasteiger partial charge in [0.1, 0.15) is 17.4 Å². The van der Waals surface area contributed by atoms with Crippen LogP contribution in [-0.4, -0.2) is 44.9 Å². The molecule has 0 aliphatic rings. The van der Waals surface area contributed by atoms with E-state index in [4.69, 9.17) is 5.11 Å². The van der Waals surface area contributed by atoms with E-state index < -0.39 is 23.7 Å². The highest BCUT2D eigenvalue weighted by Gasteiger charge is 2.25. The second-order valence-electron chi connectivity index (χ2n) is 5.15. The van der Waals surface area contributed by atoms with Gasteiger partial charge in [-0.2, -0.15) is 0 Å². The molecule has 0 bridgehead atoms. The fraction of sp³-hybridized carbons (Fsp3) is 0.333. The number of fused-ring (bicyclic) bond motifs is 1. The first kappa shape index (κ1) is 15.8. The number of carbonyl (C=O) groups excluding carboxylic acids is 1. The van der Waals surface area contributed by atoms with E-state index in [1.165, 1.54) is 20.0 Å². The van der Waals surface area contributed by atoms with Crippen molar-refractivity contribution in [3.8, 4) is 0 Å². The molecule has 0 aliphatic heterocycles. The third-order valence-corrected chi connectivity index (χ3v) is 3.63. The van der Waals surface area contributed by atoms with Crippen LogP contribution in [-0.2, 0) is 4.79 Å². The Morgan fingerprint density at radius 2 is 1.82 bits per heavy atom. The number of aliphatic carboxylic acids is 1. The van der Waals surface area contributed by atoms with Crippen molar-refractivity contribution in [3.05, 3.63) is 34.9 Å². The summed E-state index contributed by atoms with van der Waals surface area (Å²) in [7, 11) is 1.35. The molecular formula is C15H16FN3O3. The van der Waals surface area contributed by atoms with Crippen LogP contribution in [0.15, 0.2) is 12.1 Å². The van der Waals surface area contributed by atoms with Gasteiger partial charge in [0.05, 0.1) is 22.5 Å². The summed E-state index contributed by atoms with van der Waals surface area (Å²) < 4.78 is 13.8. The molecule has 0 unspecified atom stereocenters. The van der Waals surface area contributed by atoms with Crippen molar-refractivity contribution >= 4 is 22.9 Å². The van der Waals surface area contributed by atoms with E-state index in [0.29, 0.717) is 11.4 Å². The average molecular weight is 305 g/mol. The van der Waals surface area contributed by atoms with Gasteiger partial charge < -0.3 is 10.0 Å². The van der Waals surface area contributed by atoms with Gasteiger partial charge in [0.2, 0.25) is 0 Å². The fourth-order valence-corrected chi connectivity index (χ4v) is 1.99. The maximum atomic E-state index is 13.8. The summed E-state index contributed by atoms with van der Waals surface area (Å²) in [5.41, 5.74) is 1.80. The Hall–Kier alpha value is -2.57. The van der Waals surface area contributed by atoms with Crippen LogP contribution in [0.3, 0.4) is 0 Å². The molecule has 1 heterocycles. The predicted molar refractivity (Wildman–Crippen MR) is 78.2 cm³/mol. The minimum Gasteiger partial charge on any atom is -0.480 e. The van der Waals surface area contributed by atoms with Crippen molar-refractivity contribution in [1.29, 1.82) is 0 Å². The molecule has 1 atom stereocenters. The number of rotatable bonds is 3. The maximum absolute atomic E-state index is 13.8. The SMILES string of the molecule is Cc1nc2cc(F)cc(C(=O)N(C)[C@H](C)C(=O)O)c2nc1C. The average Bonchev–Trinajstić information content (AvgIpc) is 2.45. The number of carbonyl (C=O) groups is 2. The lowest BCUT2D eigenvalue weighted by Gasteiger charge is -2.22. The Kier molecular flexibility index (Phi) is 4.07. The second-order valence-corrected chi connectivity index (χ2v) is 5.15. The highest BCUT2D eigenvalue weighted by atomic mass is 19.1. The van der Waals surface area contributed by atoms with Crippen LogP contribution < -0.4 is 0 Å². The van der Waals surface area contributed by atoms with E-state index in [9.17, 15) is 14.0 Å². The van der Waals surface area contributed by atoms with Crippen LogP contribution in [0.4, 0.5) is 4.39 Å². The van der Waals surface area contributed by atoms with Crippen molar-refractivity contribution < 1.29 is 19.1 Å². The number of aromatic nitrogens is 2. The molecule has 116 valence electrons. The molecule has 0 fully saturated rings. The molecule has 1 aromatic heterocycles. The van der Waals surface area contributed by atoms with Gasteiger partial charge in [-0.15, -0.1) is 0 Å². The largest absolute Gasteiger partial charge is 0.480 e. The van der Waals surface area contributed by atoms with Crippen molar-refractivity contribution in [2.24, 2.45) is 0 Å². The third kappa shape index (κ3) is 2.74. The zero-order valence-electron chi connectivity index (χ0n) is 12.7. The monoisotopic (exact) mass is 305 g/mol. The second kappa shape index (κ2) is 5.67. The Bertz CT molecular complexity index is 776. The van der Waals surface area contributed by atoms with Crippen molar-refractivity contribution in [1.82, 2.24) is 14.9 Å². The molecule has 0 spiro atoms. The summed E-state index contributed by atoms with van der Waals surface area (Å²) in [5.74, 6) is -2.38. The Labute approximate surface area is 126 Å². The number of halogens is 1. The first-order chi connectivity index (χ1) is 10.2. The van der Waals surface area contributed by atoms with E-state index in [0.717, 1.165) is 11.0 Å². The van der Waals surface area contributed by atoms with Gasteiger partial charge in [0, 0.05) is 13.1 Å². The first-order valence-electron chi connectivity index (χ1n) is 6.67. The van der Waals surface area contributed by atoms with E-state index in [1.807, 2.05) is 0 Å². The molecule has 0 radical (unpaired) electrons. The molecule has 6 nitrogen and oxygen atoms in total. The fourth-order valence-electron chi connectivity index (χ4n) is 1.99. The van der Waals surface area contributed by atoms with Gasteiger partial charge in [-0.05, 0) is 26.8 Å². The molecule has 1 N–H and O–H groups in total. The Morgan fingerprint density at radius 3 is 2.41 bits per heavy atom. The Balaban J connectivity index is 2.62. The van der Waals surface area contributed by atoms with Crippen LogP contribution in [0.25, 0.3) is 11.0 Å². The van der Waals surface area contributed by atoms with Gasteiger partial charge in [-0.25, -0.2) is 19.2 Å². The van der Waals surface area contributed by atoms with Crippen LogP contribution in [0.5, 0.6) is 0 Å². The molecule has 0 saturated carbocycles. The molecule has 7 heteroatoms. The van der Waals surface area contributed by atoms with Crippen LogP contribution >= 0.6 is 0 Å². The van der Waals surface area contributed by atoms with Crippen molar-refractivity contribution in [2.75, 3.05) is 7.05 Å². The van der Waals surface area contributed by atoms with Gasteiger partial charge in [0.15, 0.2) is 0 Å². The van der Waals surface area contributed by atoms with E-state index in [1.54, 1.807) is 13.8 Å². The lowest BCUT2D eigenvalue weighted by molar-refractivity contribution is -0.141. The number of nitrogens with zero attached hydrogens (tertiary/aromatic N) is 3. The molecule has 1 amide bonds. The zero-order valence-corrected chi connectivity index (χ0v) is 12.7. The number of amides is 1. The lowest BCUT2D eigenvalue weighted by atomic mass is 10.1. The highest BCUT2D eigenvalue weighted by molar-refractivity contribution is 6.05. The summed E-state index contributed by atoms with van der Waals surface area (Å²) in [6.45, 7) is 4.86. The normalized spacial score (nSPS) is 12.2. The minimum atomic E-state index is -1.14. The standard InChI is InChI=1S/C15H16FN3O3/c1-7-8(2)18-13-11(5-10(16)6-12(13)17-7)14(20)19(4)9(3)15(21)22/h5-6,9H,1-4H3,(H,21,22)/t9-/m1/s1. The van der Waals surface area contributed by atoms with E-state index in [-0.39, 0.29) is 16.6 Å². The summed E-state index contributed by atoms with van der Waals surface area (Å²) in [4.78, 5) is 33.1. The highest BCUT2D eigenvalue weighted by Crippen LogP contribution is 2.21. The van der Waals surface area contributed by atoms with E-state index in [2.05, 4.69) is 9.97 Å². The minimum absolute atomic E-state index is 0.00111. The smallest absolute Gasteiger partial charge is 0.326 e. The molecule has 2 aromatic rings. The van der Waals surface area contributed by atoms with E-state index >= 15 is 0 Å². The van der Waals surface area contributed by atoms with Crippen molar-refractivity contribution in [3.63, 3.8) is 0 Å². The van der Waals surface area contributed by atoms with Gasteiger partial charge in [-0.1, -0.05) is 0 Å². The summed E-state index contributed by atoms with van der Waals surface area (Å²) in [5, 5.41) is 9.00. The third-order valence-electron chi connectivity index (χ3n) is 3.63. The number of benzene rings is 1. The molecule has 22 heavy (non-hydrogen) atoms. The molecular weight excluding hydrogens is 289 g/mol. The number of carboxylic acid groups (broad SMARTS) is 1. The molecule has 2 rings (SSSR count). The quantitative estimate of drug-likeness (QED) is 0.936. The van der Waals surface area contributed by atoms with Crippen LogP contribution in [0.2, 0.25) is 0 Å². The number of hydrogen-bond donors (Lipinski definition) is 1. The van der Waals surface area contributed by atoms with Crippen LogP contribution in [0, 0.1) is 19.7 Å². The number of hydrogen-bond acceptors (Lipinski definition) is 4. The molecule has 1 aromatic carbocycles. The maximum Gasteiger partial charge on any atom is 0.326 e. The Morgan fingerprint density at radius 1 is 1.23 bits per heavy atom. The number of carboxylic acids is 1. The number of likely N-dealkylation sites (N-methyl/N-ethyl adjacent to an activating group) is 1. The van der Waals surface area contributed by atoms with Gasteiger partial charge in [0.25, 0.3) is 5.91 Å². The summed E-state index contributed by atoms with van der Waals surface area (Å²) in [6.07, 6.45) is 0. The van der Waals surface area contributed by atoms with Crippen LogP contribution in [0.1, 0.15) is 28.7 Å². The van der Waals surface area contributed by atoms with Gasteiger partial charge in [-0.3, -0.25) is 4.79 Å². The van der Waals surface area contributed by atoms with Crippen molar-refractivity contribution in [2.45, 2.75) is 26.8 Å². The lowest BCUT2D eigenvalue weighted by Crippen LogP contribution is -2.40. The first-order valence-corrected chi connectivity index (χ1v) is 6.67. The zero-order chi connectivity index (χ0) is 16.6. The molecule has 0 saturated heterocycles. The van der Waals surface area contributed by atoms with Gasteiger partial charge >= 0.3 is 5.97 Å². The summed E-state index contributed by atoms with van der Waals surface area (Å²) in [6, 6.07) is 1.22. The number of aryl methyl sites for hydroxylation is 2. The summed E-state index contributed by atoms with van der Waals surface area (Å²) >= 11 is 0. The predicted octanol–water partition coefficient (Wildman–Crippen LogP) is 1.93. The molecule has 0 aliphatic carbocycles. The topological polar surface area (TPSA) is 83.4 Å².